The smallest absolute Gasteiger partial charge is 0.240 e. The van der Waals surface area contributed by atoms with Gasteiger partial charge in [0.2, 0.25) is 6.17 Å². The van der Waals surface area contributed by atoms with Crippen molar-refractivity contribution in [2.75, 3.05) is 45.2 Å². The predicted molar refractivity (Wildman–Crippen MR) is 104 cm³/mol. The van der Waals surface area contributed by atoms with Gasteiger partial charge in [0.1, 0.15) is 37.0 Å². The van der Waals surface area contributed by atoms with E-state index in [9.17, 15) is 4.79 Å². The van der Waals surface area contributed by atoms with Crippen LogP contribution >= 0.6 is 0 Å². The Balaban J connectivity index is 1.73. The van der Waals surface area contributed by atoms with Gasteiger partial charge in [0, 0.05) is 19.8 Å². The van der Waals surface area contributed by atoms with Crippen LogP contribution in [-0.2, 0) is 4.79 Å². The SMILES string of the molecule is CC(C)C12C[NH+]3CC(C(C)C)(C[NH+](C1)C3c1ccc(N(C)C)cc1)C2=O. The average Bonchev–Trinajstić information content (AvgIpc) is 2.58. The van der Waals surface area contributed by atoms with E-state index in [1.54, 1.807) is 9.80 Å². The molecule has 0 aliphatic carbocycles. The van der Waals surface area contributed by atoms with Gasteiger partial charge in [-0.2, -0.15) is 0 Å². The third-order valence-corrected chi connectivity index (χ3v) is 7.84. The molecule has 0 spiro atoms. The fraction of sp³-hybridized carbons (Fsp3) is 0.682. The minimum atomic E-state index is -0.120. The number of hydrogen-bond donors (Lipinski definition) is 2. The average molecular weight is 358 g/mol. The van der Waals surface area contributed by atoms with Crippen molar-refractivity contribution in [1.82, 2.24) is 0 Å². The van der Waals surface area contributed by atoms with Crippen molar-refractivity contribution in [3.63, 3.8) is 0 Å². The van der Waals surface area contributed by atoms with Gasteiger partial charge in [0.25, 0.3) is 0 Å². The van der Waals surface area contributed by atoms with Crippen molar-refractivity contribution in [1.29, 1.82) is 0 Å². The lowest BCUT2D eigenvalue weighted by atomic mass is 9.53. The molecule has 0 amide bonds. The van der Waals surface area contributed by atoms with E-state index < -0.39 is 0 Å². The topological polar surface area (TPSA) is 29.2 Å². The summed E-state index contributed by atoms with van der Waals surface area (Å²) in [5.74, 6) is 1.44. The largest absolute Gasteiger partial charge is 0.378 e. The molecule has 0 saturated carbocycles. The van der Waals surface area contributed by atoms with E-state index >= 15 is 0 Å². The Hall–Kier alpha value is -1.39. The van der Waals surface area contributed by atoms with Gasteiger partial charge in [-0.3, -0.25) is 14.6 Å². The van der Waals surface area contributed by atoms with Crippen molar-refractivity contribution >= 4 is 11.5 Å². The molecule has 4 aliphatic heterocycles. The van der Waals surface area contributed by atoms with Gasteiger partial charge in [-0.05, 0) is 36.1 Å². The first-order valence-electron chi connectivity index (χ1n) is 10.2. The highest BCUT2D eigenvalue weighted by Crippen LogP contribution is 2.45. The van der Waals surface area contributed by atoms with E-state index in [-0.39, 0.29) is 10.8 Å². The van der Waals surface area contributed by atoms with Crippen molar-refractivity contribution in [2.45, 2.75) is 33.9 Å². The number of nitrogens with one attached hydrogen (secondary N) is 2. The second-order valence-corrected chi connectivity index (χ2v) is 9.89. The Bertz CT molecular complexity index is 661. The molecule has 4 heterocycles. The van der Waals surface area contributed by atoms with Crippen LogP contribution in [0.5, 0.6) is 0 Å². The maximum Gasteiger partial charge on any atom is 0.240 e. The highest BCUT2D eigenvalue weighted by atomic mass is 16.1. The number of Topliss-reactive ketones (excluding diaryl/α,β-unsaturated/α-hetero) is 1. The Morgan fingerprint density at radius 2 is 1.31 bits per heavy atom. The molecular weight excluding hydrogens is 322 g/mol. The second-order valence-electron chi connectivity index (χ2n) is 9.89. The monoisotopic (exact) mass is 357 g/mol. The molecule has 1 aromatic carbocycles. The van der Waals surface area contributed by atoms with Crippen molar-refractivity contribution < 1.29 is 14.6 Å². The molecule has 2 N–H and O–H groups in total. The van der Waals surface area contributed by atoms with Gasteiger partial charge in [0.05, 0.1) is 5.56 Å². The molecular formula is C22H35N3O+2. The zero-order valence-corrected chi connectivity index (χ0v) is 17.2. The van der Waals surface area contributed by atoms with E-state index in [1.807, 2.05) is 0 Å². The third-order valence-electron chi connectivity index (χ3n) is 7.84. The summed E-state index contributed by atoms with van der Waals surface area (Å²) in [5, 5.41) is 0. The first-order chi connectivity index (χ1) is 12.2. The summed E-state index contributed by atoms with van der Waals surface area (Å²) in [7, 11) is 4.18. The molecule has 4 saturated heterocycles. The normalized spacial score (nSPS) is 38.5. The van der Waals surface area contributed by atoms with E-state index in [2.05, 4.69) is 71.0 Å². The number of benzene rings is 1. The number of nitrogens with zero attached hydrogens (tertiary/aromatic N) is 1. The van der Waals surface area contributed by atoms with Crippen LogP contribution in [0.15, 0.2) is 24.3 Å². The molecule has 142 valence electrons. The number of anilines is 1. The molecule has 0 aromatic heterocycles. The van der Waals surface area contributed by atoms with Crippen LogP contribution in [0.2, 0.25) is 0 Å². The van der Waals surface area contributed by atoms with Crippen LogP contribution in [0, 0.1) is 22.7 Å². The van der Waals surface area contributed by atoms with Crippen LogP contribution in [-0.4, -0.2) is 46.1 Å². The zero-order chi connectivity index (χ0) is 18.9. The molecule has 1 aromatic rings. The number of carbonyl (C=O) groups is 1. The lowest BCUT2D eigenvalue weighted by molar-refractivity contribution is -1.18. The minimum absolute atomic E-state index is 0.120. The first-order valence-corrected chi connectivity index (χ1v) is 10.2. The van der Waals surface area contributed by atoms with Gasteiger partial charge >= 0.3 is 0 Å². The van der Waals surface area contributed by atoms with Crippen LogP contribution in [0.3, 0.4) is 0 Å². The lowest BCUT2D eigenvalue weighted by Gasteiger charge is -2.62. The molecule has 0 unspecified atom stereocenters. The summed E-state index contributed by atoms with van der Waals surface area (Å²) in [6.45, 7) is 13.1. The molecule has 4 heteroatoms. The van der Waals surface area contributed by atoms with Crippen LogP contribution in [0.25, 0.3) is 0 Å². The Kier molecular flexibility index (Phi) is 4.02. The van der Waals surface area contributed by atoms with Crippen LogP contribution < -0.4 is 14.7 Å². The van der Waals surface area contributed by atoms with Crippen LogP contribution in [0.1, 0.15) is 39.4 Å². The molecule has 4 nitrogen and oxygen atoms in total. The number of carbonyl (C=O) groups excluding carboxylic acids is 1. The summed E-state index contributed by atoms with van der Waals surface area (Å²) in [6.07, 6.45) is 0.484. The van der Waals surface area contributed by atoms with E-state index in [1.165, 1.54) is 11.3 Å². The Morgan fingerprint density at radius 3 is 1.65 bits per heavy atom. The summed E-state index contributed by atoms with van der Waals surface area (Å²) in [5.41, 5.74) is 2.45. The number of piperidine rings is 2. The lowest BCUT2D eigenvalue weighted by Crippen LogP contribution is -3.41. The molecule has 4 bridgehead atoms. The molecule has 0 atom stereocenters. The number of rotatable bonds is 4. The van der Waals surface area contributed by atoms with Crippen molar-refractivity contribution in [2.24, 2.45) is 22.7 Å². The molecule has 4 fully saturated rings. The molecule has 26 heavy (non-hydrogen) atoms. The van der Waals surface area contributed by atoms with Gasteiger partial charge in [-0.15, -0.1) is 0 Å². The number of hydrogen-bond acceptors (Lipinski definition) is 2. The highest BCUT2D eigenvalue weighted by molar-refractivity contribution is 5.92. The van der Waals surface area contributed by atoms with Crippen molar-refractivity contribution in [3.8, 4) is 0 Å². The molecule has 0 radical (unpaired) electrons. The van der Waals surface area contributed by atoms with E-state index in [0.717, 1.165) is 26.2 Å². The zero-order valence-electron chi connectivity index (χ0n) is 17.2. The predicted octanol–water partition coefficient (Wildman–Crippen LogP) is 0.416. The summed E-state index contributed by atoms with van der Waals surface area (Å²) in [4.78, 5) is 19.1. The van der Waals surface area contributed by atoms with Gasteiger partial charge in [0.15, 0.2) is 5.78 Å². The second kappa shape index (κ2) is 5.80. The third kappa shape index (κ3) is 2.24. The maximum absolute atomic E-state index is 13.6. The number of quaternary nitrogens is 2. The quantitative estimate of drug-likeness (QED) is 0.818. The van der Waals surface area contributed by atoms with E-state index in [0.29, 0.717) is 23.8 Å². The molecule has 4 aliphatic rings. The standard InChI is InChI=1S/C22H33N3O/c1-15(2)21-11-24-13-22(16(3)4,20(21)26)14-25(12-21)19(24)17-7-9-18(10-8-17)23(5)6/h7-10,15-16,19H,11-14H2,1-6H3/p+2. The molecule has 5 rings (SSSR count). The highest BCUT2D eigenvalue weighted by Gasteiger charge is 2.72. The Labute approximate surface area is 158 Å². The van der Waals surface area contributed by atoms with Gasteiger partial charge in [-0.1, -0.05) is 27.7 Å². The van der Waals surface area contributed by atoms with Crippen molar-refractivity contribution in [3.05, 3.63) is 29.8 Å². The minimum Gasteiger partial charge on any atom is -0.378 e. The van der Waals surface area contributed by atoms with Gasteiger partial charge in [-0.25, -0.2) is 0 Å². The first kappa shape index (κ1) is 18.0. The summed E-state index contributed by atoms with van der Waals surface area (Å²) in [6, 6.07) is 9.11. The maximum atomic E-state index is 13.6. The fourth-order valence-corrected chi connectivity index (χ4v) is 6.16. The number of ketones is 1. The fourth-order valence-electron chi connectivity index (χ4n) is 6.16. The Morgan fingerprint density at radius 1 is 0.885 bits per heavy atom. The van der Waals surface area contributed by atoms with Gasteiger partial charge < -0.3 is 4.90 Å². The summed E-state index contributed by atoms with van der Waals surface area (Å²) < 4.78 is 0. The van der Waals surface area contributed by atoms with Crippen LogP contribution in [0.4, 0.5) is 5.69 Å². The van der Waals surface area contributed by atoms with E-state index in [4.69, 9.17) is 0 Å². The summed E-state index contributed by atoms with van der Waals surface area (Å²) >= 11 is 0.